The average molecular weight is 431 g/mol. The quantitative estimate of drug-likeness (QED) is 0.786. The first-order chi connectivity index (χ1) is 15.2. The van der Waals surface area contributed by atoms with Crippen molar-refractivity contribution in [3.63, 3.8) is 0 Å². The van der Waals surface area contributed by atoms with Gasteiger partial charge in [0, 0.05) is 25.7 Å². The van der Waals surface area contributed by atoms with E-state index in [9.17, 15) is 5.11 Å². The molecular weight excluding hydrogens is 396 g/mol. The van der Waals surface area contributed by atoms with Crippen molar-refractivity contribution in [2.45, 2.75) is 119 Å². The minimum atomic E-state index is -0.807. The summed E-state index contributed by atoms with van der Waals surface area (Å²) < 4.78 is 32.6. The molecule has 3 saturated carbocycles. The summed E-state index contributed by atoms with van der Waals surface area (Å²) in [6, 6.07) is 10.1. The lowest BCUT2D eigenvalue weighted by Crippen LogP contribution is -2.62. The fraction of sp³-hybridized carbons (Fsp3) is 0.760. The highest BCUT2D eigenvalue weighted by Gasteiger charge is 2.66. The van der Waals surface area contributed by atoms with Gasteiger partial charge in [-0.3, -0.25) is 0 Å². The van der Waals surface area contributed by atoms with Crippen molar-refractivity contribution >= 4 is 0 Å². The third-order valence-electron chi connectivity index (χ3n) is 7.89. The SMILES string of the molecule is O[C@@H]1[C@@H](OCc2ccccc2)[C@@H]2OC3(CCCCC3)O[C@H]2[C@H]2OC3(CCCCC3)O[C@@H]12. The zero-order valence-electron chi connectivity index (χ0n) is 18.1. The fourth-order valence-corrected chi connectivity index (χ4v) is 6.34. The van der Waals surface area contributed by atoms with E-state index in [1.54, 1.807) is 0 Å². The molecule has 0 unspecified atom stereocenters. The molecule has 3 aliphatic carbocycles. The minimum Gasteiger partial charge on any atom is -0.387 e. The van der Waals surface area contributed by atoms with Crippen LogP contribution in [0.4, 0.5) is 0 Å². The maximum Gasteiger partial charge on any atom is 0.169 e. The van der Waals surface area contributed by atoms with Gasteiger partial charge < -0.3 is 28.8 Å². The number of aliphatic hydroxyl groups excluding tert-OH is 1. The molecule has 6 atom stereocenters. The van der Waals surface area contributed by atoms with Crippen molar-refractivity contribution in [2.24, 2.45) is 0 Å². The van der Waals surface area contributed by atoms with Gasteiger partial charge in [-0.1, -0.05) is 43.2 Å². The molecule has 2 heterocycles. The van der Waals surface area contributed by atoms with Crippen LogP contribution in [-0.2, 0) is 30.3 Å². The second kappa shape index (κ2) is 8.08. The summed E-state index contributed by atoms with van der Waals surface area (Å²) in [6.07, 6.45) is 7.70. The molecule has 0 aromatic heterocycles. The van der Waals surface area contributed by atoms with Gasteiger partial charge >= 0.3 is 0 Å². The maximum absolute atomic E-state index is 11.4. The zero-order valence-corrected chi connectivity index (χ0v) is 18.1. The smallest absolute Gasteiger partial charge is 0.169 e. The van der Waals surface area contributed by atoms with Gasteiger partial charge in [-0.15, -0.1) is 0 Å². The number of ether oxygens (including phenoxy) is 5. The highest BCUT2D eigenvalue weighted by molar-refractivity contribution is 5.14. The van der Waals surface area contributed by atoms with Crippen LogP contribution in [0.15, 0.2) is 30.3 Å². The molecule has 2 spiro atoms. The third-order valence-corrected chi connectivity index (χ3v) is 7.89. The molecule has 0 radical (unpaired) electrons. The van der Waals surface area contributed by atoms with E-state index in [0.717, 1.165) is 56.9 Å². The van der Waals surface area contributed by atoms with Crippen LogP contribution in [0, 0.1) is 0 Å². The van der Waals surface area contributed by atoms with Crippen LogP contribution in [-0.4, -0.2) is 53.3 Å². The fourth-order valence-electron chi connectivity index (χ4n) is 6.34. The van der Waals surface area contributed by atoms with Gasteiger partial charge in [0.2, 0.25) is 0 Å². The molecule has 6 rings (SSSR count). The molecule has 5 fully saturated rings. The molecule has 1 aromatic rings. The Labute approximate surface area is 184 Å². The Morgan fingerprint density at radius 2 is 1.23 bits per heavy atom. The Bertz CT molecular complexity index is 757. The Kier molecular flexibility index (Phi) is 5.37. The number of benzene rings is 1. The van der Waals surface area contributed by atoms with E-state index in [2.05, 4.69) is 0 Å². The lowest BCUT2D eigenvalue weighted by molar-refractivity contribution is -0.227. The minimum absolute atomic E-state index is 0.270. The first kappa shape index (κ1) is 20.6. The number of fused-ring (bicyclic) bond motifs is 3. The van der Waals surface area contributed by atoms with Crippen LogP contribution in [0.2, 0.25) is 0 Å². The number of hydrogen-bond acceptors (Lipinski definition) is 6. The maximum atomic E-state index is 11.4. The van der Waals surface area contributed by atoms with Crippen molar-refractivity contribution in [2.75, 3.05) is 0 Å². The van der Waals surface area contributed by atoms with Gasteiger partial charge in [0.25, 0.3) is 0 Å². The lowest BCUT2D eigenvalue weighted by Gasteiger charge is -2.40. The summed E-state index contributed by atoms with van der Waals surface area (Å²) in [5, 5.41) is 11.4. The van der Waals surface area contributed by atoms with Crippen LogP contribution in [0.1, 0.15) is 69.8 Å². The number of hydrogen-bond donors (Lipinski definition) is 1. The third kappa shape index (κ3) is 3.65. The number of aliphatic hydroxyl groups is 1. The van der Waals surface area contributed by atoms with Gasteiger partial charge in [0.05, 0.1) is 6.61 Å². The van der Waals surface area contributed by atoms with E-state index in [0.29, 0.717) is 6.61 Å². The van der Waals surface area contributed by atoms with Crippen LogP contribution in [0.3, 0.4) is 0 Å². The molecule has 5 aliphatic rings. The zero-order chi connectivity index (χ0) is 20.9. The summed E-state index contributed by atoms with van der Waals surface area (Å²) >= 11 is 0. The monoisotopic (exact) mass is 430 g/mol. The Hall–Kier alpha value is -1.02. The molecule has 6 heteroatoms. The van der Waals surface area contributed by atoms with Crippen LogP contribution in [0.5, 0.6) is 0 Å². The van der Waals surface area contributed by atoms with Gasteiger partial charge in [-0.25, -0.2) is 0 Å². The summed E-state index contributed by atoms with van der Waals surface area (Å²) in [5.74, 6) is -1.15. The molecule has 1 N–H and O–H groups in total. The van der Waals surface area contributed by atoms with Crippen molar-refractivity contribution in [3.8, 4) is 0 Å². The predicted molar refractivity (Wildman–Crippen MR) is 112 cm³/mol. The highest BCUT2D eigenvalue weighted by Crippen LogP contribution is 2.51. The molecule has 31 heavy (non-hydrogen) atoms. The predicted octanol–water partition coefficient (Wildman–Crippen LogP) is 3.84. The van der Waals surface area contributed by atoms with Crippen molar-refractivity contribution < 1.29 is 28.8 Å². The first-order valence-electron chi connectivity index (χ1n) is 12.2. The van der Waals surface area contributed by atoms with Crippen LogP contribution < -0.4 is 0 Å². The average Bonchev–Trinajstić information content (AvgIpc) is 3.34. The highest BCUT2D eigenvalue weighted by atomic mass is 16.8. The molecule has 2 saturated heterocycles. The Morgan fingerprint density at radius 3 is 1.84 bits per heavy atom. The summed E-state index contributed by atoms with van der Waals surface area (Å²) in [5.41, 5.74) is 1.08. The molecule has 0 amide bonds. The molecule has 170 valence electrons. The van der Waals surface area contributed by atoms with Gasteiger partial charge in [0.15, 0.2) is 11.6 Å². The standard InChI is InChI=1S/C25H34O6/c26-18-19(27-16-17-10-4-1-5-11-17)21-23(31-25(29-21)14-8-3-9-15-25)22-20(18)28-24(30-22)12-6-2-7-13-24/h1,4-5,10-11,18-23,26H,2-3,6-9,12-16H2/t18-,19-,20+,21+,22+,23-/m1/s1. The normalized spacial score (nSPS) is 40.7. The van der Waals surface area contributed by atoms with Crippen molar-refractivity contribution in [1.82, 2.24) is 0 Å². The second-order valence-corrected chi connectivity index (χ2v) is 10.0. The van der Waals surface area contributed by atoms with E-state index in [-0.39, 0.29) is 18.3 Å². The van der Waals surface area contributed by atoms with E-state index in [1.807, 2.05) is 30.3 Å². The molecule has 6 nitrogen and oxygen atoms in total. The van der Waals surface area contributed by atoms with Gasteiger partial charge in [0.1, 0.15) is 36.6 Å². The Morgan fingerprint density at radius 1 is 0.710 bits per heavy atom. The van der Waals surface area contributed by atoms with Gasteiger partial charge in [-0.05, 0) is 31.2 Å². The summed E-state index contributed by atoms with van der Waals surface area (Å²) in [6.45, 7) is 0.422. The number of rotatable bonds is 3. The first-order valence-corrected chi connectivity index (χ1v) is 12.2. The van der Waals surface area contributed by atoms with Gasteiger partial charge in [-0.2, -0.15) is 0 Å². The van der Waals surface area contributed by atoms with E-state index in [1.165, 1.54) is 12.8 Å². The molecule has 2 aliphatic heterocycles. The lowest BCUT2D eigenvalue weighted by atomic mass is 9.85. The van der Waals surface area contributed by atoms with Crippen LogP contribution >= 0.6 is 0 Å². The largest absolute Gasteiger partial charge is 0.387 e. The van der Waals surface area contributed by atoms with Crippen molar-refractivity contribution in [3.05, 3.63) is 35.9 Å². The van der Waals surface area contributed by atoms with E-state index >= 15 is 0 Å². The summed E-state index contributed by atoms with van der Waals surface area (Å²) in [7, 11) is 0. The van der Waals surface area contributed by atoms with Crippen LogP contribution in [0.25, 0.3) is 0 Å². The molecule has 1 aromatic carbocycles. The second-order valence-electron chi connectivity index (χ2n) is 10.0. The summed E-state index contributed by atoms with van der Waals surface area (Å²) in [4.78, 5) is 0. The topological polar surface area (TPSA) is 66.4 Å². The van der Waals surface area contributed by atoms with Crippen molar-refractivity contribution in [1.29, 1.82) is 0 Å². The van der Waals surface area contributed by atoms with E-state index < -0.39 is 29.9 Å². The molecular formula is C25H34O6. The molecule has 0 bridgehead atoms. The van der Waals surface area contributed by atoms with E-state index in [4.69, 9.17) is 23.7 Å². The Balaban J connectivity index is 1.28.